The molecule has 4 heteroatoms. The largest absolute Gasteiger partial charge is 0.277 e. The zero-order valence-electron chi connectivity index (χ0n) is 8.90. The molecule has 1 N–H and O–H groups in total. The molecule has 17 heavy (non-hydrogen) atoms. The van der Waals surface area contributed by atoms with Gasteiger partial charge in [-0.05, 0) is 29.8 Å². The molecule has 2 nitrogen and oxygen atoms in total. The van der Waals surface area contributed by atoms with Crippen LogP contribution in [0.5, 0.6) is 0 Å². The first-order chi connectivity index (χ1) is 8.25. The maximum absolute atomic E-state index is 12.9. The van der Waals surface area contributed by atoms with Crippen molar-refractivity contribution in [3.05, 3.63) is 64.9 Å². The van der Waals surface area contributed by atoms with Crippen molar-refractivity contribution in [2.45, 2.75) is 0 Å². The van der Waals surface area contributed by atoms with Crippen LogP contribution in [0.25, 0.3) is 0 Å². The molecule has 0 amide bonds. The Labute approximate surface area is 104 Å². The Balaban J connectivity index is 2.06. The molecule has 86 valence electrons. The Hall–Kier alpha value is -1.87. The number of hydrogen-bond donors (Lipinski definition) is 1. The fraction of sp³-hybridized carbons (Fsp3) is 0. The molecule has 2 aromatic carbocycles. The summed E-state index contributed by atoms with van der Waals surface area (Å²) in [6.07, 6.45) is 1.53. The highest BCUT2D eigenvalue weighted by atomic mass is 35.5. The van der Waals surface area contributed by atoms with Crippen molar-refractivity contribution in [3.8, 4) is 0 Å². The molecule has 0 radical (unpaired) electrons. The lowest BCUT2D eigenvalue weighted by Crippen LogP contribution is -1.91. The Kier molecular flexibility index (Phi) is 3.73. The minimum absolute atomic E-state index is 0.285. The summed E-state index contributed by atoms with van der Waals surface area (Å²) >= 11 is 5.93. The molecule has 0 unspecified atom stereocenters. The molecule has 0 aromatic heterocycles. The molecule has 0 atom stereocenters. The smallest absolute Gasteiger partial charge is 0.123 e. The van der Waals surface area contributed by atoms with E-state index in [0.717, 1.165) is 0 Å². The quantitative estimate of drug-likeness (QED) is 0.646. The van der Waals surface area contributed by atoms with Gasteiger partial charge in [0.15, 0.2) is 0 Å². The van der Waals surface area contributed by atoms with E-state index >= 15 is 0 Å². The minimum atomic E-state index is -0.285. The predicted molar refractivity (Wildman–Crippen MR) is 69.1 cm³/mol. The van der Waals surface area contributed by atoms with Gasteiger partial charge in [-0.1, -0.05) is 35.9 Å². The molecule has 2 aromatic rings. The van der Waals surface area contributed by atoms with Crippen LogP contribution in [0.15, 0.2) is 53.6 Å². The first-order valence-electron chi connectivity index (χ1n) is 5.05. The number of nitrogens with zero attached hydrogens (tertiary/aromatic N) is 1. The first kappa shape index (κ1) is 11.6. The fourth-order valence-electron chi connectivity index (χ4n) is 1.32. The molecular formula is C13H10ClFN2. The van der Waals surface area contributed by atoms with Gasteiger partial charge >= 0.3 is 0 Å². The second-order valence-corrected chi connectivity index (χ2v) is 3.81. The predicted octanol–water partition coefficient (Wildman–Crippen LogP) is 3.93. The molecule has 0 heterocycles. The average Bonchev–Trinajstić information content (AvgIpc) is 2.32. The van der Waals surface area contributed by atoms with Crippen LogP contribution < -0.4 is 5.43 Å². The summed E-state index contributed by atoms with van der Waals surface area (Å²) in [6, 6.07) is 13.5. The maximum atomic E-state index is 12.9. The van der Waals surface area contributed by atoms with Crippen molar-refractivity contribution in [2.75, 3.05) is 5.43 Å². The van der Waals surface area contributed by atoms with E-state index in [0.29, 0.717) is 16.3 Å². The molecule has 0 bridgehead atoms. The summed E-state index contributed by atoms with van der Waals surface area (Å²) in [7, 11) is 0. The molecule has 0 saturated heterocycles. The van der Waals surface area contributed by atoms with Crippen molar-refractivity contribution >= 4 is 23.5 Å². The highest BCUT2D eigenvalue weighted by Gasteiger charge is 1.95. The summed E-state index contributed by atoms with van der Waals surface area (Å²) < 4.78 is 12.9. The highest BCUT2D eigenvalue weighted by Crippen LogP contribution is 2.20. The number of rotatable bonds is 3. The van der Waals surface area contributed by atoms with Crippen LogP contribution in [0, 0.1) is 5.82 Å². The molecule has 0 aliphatic carbocycles. The van der Waals surface area contributed by atoms with Crippen molar-refractivity contribution in [2.24, 2.45) is 5.10 Å². The summed E-state index contributed by atoms with van der Waals surface area (Å²) in [5.74, 6) is -0.285. The lowest BCUT2D eigenvalue weighted by Gasteiger charge is -2.01. The second-order valence-electron chi connectivity index (χ2n) is 3.40. The summed E-state index contributed by atoms with van der Waals surface area (Å²) in [6.45, 7) is 0. The minimum Gasteiger partial charge on any atom is -0.277 e. The SMILES string of the molecule is Fc1cccc(/C=N/Nc2ccccc2Cl)c1. The van der Waals surface area contributed by atoms with Crippen molar-refractivity contribution in [3.63, 3.8) is 0 Å². The number of nitrogens with one attached hydrogen (secondary N) is 1. The summed E-state index contributed by atoms with van der Waals surface area (Å²) in [5.41, 5.74) is 4.19. The highest BCUT2D eigenvalue weighted by molar-refractivity contribution is 6.33. The third kappa shape index (κ3) is 3.29. The molecule has 0 aliphatic heterocycles. The first-order valence-corrected chi connectivity index (χ1v) is 5.43. The van der Waals surface area contributed by atoms with E-state index in [4.69, 9.17) is 11.6 Å². The van der Waals surface area contributed by atoms with E-state index in [9.17, 15) is 4.39 Å². The van der Waals surface area contributed by atoms with Crippen LogP contribution in [0.4, 0.5) is 10.1 Å². The standard InChI is InChI=1S/C13H10ClFN2/c14-12-6-1-2-7-13(12)17-16-9-10-4-3-5-11(15)8-10/h1-9,17H/b16-9+. The maximum Gasteiger partial charge on any atom is 0.123 e. The topological polar surface area (TPSA) is 24.4 Å². The Bertz CT molecular complexity index is 540. The van der Waals surface area contributed by atoms with Gasteiger partial charge in [-0.3, -0.25) is 5.43 Å². The van der Waals surface area contributed by atoms with E-state index in [-0.39, 0.29) is 5.82 Å². The van der Waals surface area contributed by atoms with E-state index in [1.807, 2.05) is 18.2 Å². The normalized spacial score (nSPS) is 10.7. The molecule has 0 fully saturated rings. The average molecular weight is 249 g/mol. The molecule has 0 saturated carbocycles. The lowest BCUT2D eigenvalue weighted by molar-refractivity contribution is 0.627. The van der Waals surface area contributed by atoms with E-state index in [1.165, 1.54) is 18.3 Å². The molecule has 0 aliphatic rings. The van der Waals surface area contributed by atoms with Crippen LogP contribution in [0.3, 0.4) is 0 Å². The Morgan fingerprint density at radius 3 is 2.71 bits per heavy atom. The van der Waals surface area contributed by atoms with Crippen LogP contribution in [0.2, 0.25) is 5.02 Å². The summed E-state index contributed by atoms with van der Waals surface area (Å²) in [4.78, 5) is 0. The van der Waals surface area contributed by atoms with Gasteiger partial charge in [-0.25, -0.2) is 4.39 Å². The Morgan fingerprint density at radius 1 is 1.12 bits per heavy atom. The lowest BCUT2D eigenvalue weighted by atomic mass is 10.2. The van der Waals surface area contributed by atoms with E-state index < -0.39 is 0 Å². The Morgan fingerprint density at radius 2 is 1.94 bits per heavy atom. The van der Waals surface area contributed by atoms with Crippen LogP contribution in [-0.4, -0.2) is 6.21 Å². The van der Waals surface area contributed by atoms with E-state index in [2.05, 4.69) is 10.5 Å². The third-order valence-corrected chi connectivity index (χ3v) is 2.45. The number of benzene rings is 2. The van der Waals surface area contributed by atoms with Crippen molar-refractivity contribution < 1.29 is 4.39 Å². The van der Waals surface area contributed by atoms with Gasteiger partial charge in [-0.2, -0.15) is 5.10 Å². The van der Waals surface area contributed by atoms with Crippen molar-refractivity contribution in [1.29, 1.82) is 0 Å². The third-order valence-electron chi connectivity index (χ3n) is 2.12. The second kappa shape index (κ2) is 5.46. The van der Waals surface area contributed by atoms with Gasteiger partial charge < -0.3 is 0 Å². The molecule has 0 spiro atoms. The van der Waals surface area contributed by atoms with E-state index in [1.54, 1.807) is 18.2 Å². The van der Waals surface area contributed by atoms with Gasteiger partial charge in [0, 0.05) is 0 Å². The van der Waals surface area contributed by atoms with Gasteiger partial charge in [-0.15, -0.1) is 0 Å². The molecule has 2 rings (SSSR count). The van der Waals surface area contributed by atoms with Gasteiger partial charge in [0.1, 0.15) is 5.82 Å². The van der Waals surface area contributed by atoms with Gasteiger partial charge in [0.05, 0.1) is 16.9 Å². The number of halogens is 2. The zero-order valence-corrected chi connectivity index (χ0v) is 9.66. The number of para-hydroxylation sites is 1. The van der Waals surface area contributed by atoms with Crippen molar-refractivity contribution in [1.82, 2.24) is 0 Å². The number of hydrogen-bond acceptors (Lipinski definition) is 2. The number of hydrazone groups is 1. The van der Waals surface area contributed by atoms with Crippen LogP contribution in [0.1, 0.15) is 5.56 Å². The van der Waals surface area contributed by atoms with Crippen LogP contribution in [-0.2, 0) is 0 Å². The fourth-order valence-corrected chi connectivity index (χ4v) is 1.49. The van der Waals surface area contributed by atoms with Gasteiger partial charge in [0.2, 0.25) is 0 Å². The molecular weight excluding hydrogens is 239 g/mol. The van der Waals surface area contributed by atoms with Gasteiger partial charge in [0.25, 0.3) is 0 Å². The number of anilines is 1. The van der Waals surface area contributed by atoms with Crippen LogP contribution >= 0.6 is 11.6 Å². The monoisotopic (exact) mass is 248 g/mol. The zero-order chi connectivity index (χ0) is 12.1. The summed E-state index contributed by atoms with van der Waals surface area (Å²) in [5, 5.41) is 4.57.